The molecule has 0 atom stereocenters. The van der Waals surface area contributed by atoms with Crippen LogP contribution in [0.2, 0.25) is 0 Å². The summed E-state index contributed by atoms with van der Waals surface area (Å²) >= 11 is 0. The zero-order chi connectivity index (χ0) is 10.5. The first-order valence-electron chi connectivity index (χ1n) is 5.40. The average Bonchev–Trinajstić information content (AvgIpc) is 2.13. The maximum absolute atomic E-state index is 9.96. The molecule has 2 nitrogen and oxygen atoms in total. The number of unbranched alkanes of at least 4 members (excludes halogenated alkanes) is 4. The SMILES string of the molecule is CCCC.CCCCCCC(=O)O. The Hall–Kier alpha value is -0.530. The summed E-state index contributed by atoms with van der Waals surface area (Å²) in [5.41, 5.74) is 0. The van der Waals surface area contributed by atoms with Crippen molar-refractivity contribution in [1.82, 2.24) is 0 Å². The van der Waals surface area contributed by atoms with E-state index in [0.717, 1.165) is 19.3 Å². The van der Waals surface area contributed by atoms with E-state index < -0.39 is 5.97 Å². The molecule has 80 valence electrons. The first-order chi connectivity index (χ1) is 6.18. The van der Waals surface area contributed by atoms with Crippen molar-refractivity contribution in [1.29, 1.82) is 0 Å². The average molecular weight is 188 g/mol. The number of hydrogen-bond acceptors (Lipinski definition) is 1. The van der Waals surface area contributed by atoms with Crippen LogP contribution in [0.3, 0.4) is 0 Å². The second-order valence-electron chi connectivity index (χ2n) is 3.20. The summed E-state index contributed by atoms with van der Waals surface area (Å²) in [5.74, 6) is -0.675. The quantitative estimate of drug-likeness (QED) is 0.643. The third-order valence-corrected chi connectivity index (χ3v) is 1.74. The van der Waals surface area contributed by atoms with Crippen LogP contribution in [0.15, 0.2) is 0 Å². The van der Waals surface area contributed by atoms with Gasteiger partial charge in [0.2, 0.25) is 0 Å². The van der Waals surface area contributed by atoms with Gasteiger partial charge in [-0.05, 0) is 6.42 Å². The number of hydrogen-bond donors (Lipinski definition) is 1. The largest absolute Gasteiger partial charge is 0.481 e. The normalized spacial score (nSPS) is 8.85. The Labute approximate surface area is 82.4 Å². The van der Waals surface area contributed by atoms with Crippen molar-refractivity contribution < 1.29 is 9.90 Å². The van der Waals surface area contributed by atoms with E-state index in [1.807, 2.05) is 0 Å². The van der Waals surface area contributed by atoms with Crippen LogP contribution in [-0.2, 0) is 4.79 Å². The van der Waals surface area contributed by atoms with E-state index >= 15 is 0 Å². The highest BCUT2D eigenvalue weighted by Gasteiger charge is 1.93. The molecule has 13 heavy (non-hydrogen) atoms. The Morgan fingerprint density at radius 1 is 0.923 bits per heavy atom. The molecule has 1 N–H and O–H groups in total. The molecule has 2 heteroatoms. The van der Waals surface area contributed by atoms with Crippen LogP contribution < -0.4 is 0 Å². The molecule has 0 aromatic carbocycles. The molecule has 0 bridgehead atoms. The minimum absolute atomic E-state index is 0.333. The van der Waals surface area contributed by atoms with Crippen LogP contribution >= 0.6 is 0 Å². The molecule has 0 aromatic rings. The highest BCUT2D eigenvalue weighted by atomic mass is 16.4. The van der Waals surface area contributed by atoms with Gasteiger partial charge in [-0.15, -0.1) is 0 Å². The fourth-order valence-electron chi connectivity index (χ4n) is 0.703. The molecule has 0 fully saturated rings. The van der Waals surface area contributed by atoms with Crippen LogP contribution in [-0.4, -0.2) is 11.1 Å². The van der Waals surface area contributed by atoms with Gasteiger partial charge in [-0.25, -0.2) is 0 Å². The molecule has 0 rings (SSSR count). The smallest absolute Gasteiger partial charge is 0.303 e. The fourth-order valence-corrected chi connectivity index (χ4v) is 0.703. The van der Waals surface area contributed by atoms with E-state index in [2.05, 4.69) is 20.8 Å². The van der Waals surface area contributed by atoms with Crippen molar-refractivity contribution >= 4 is 5.97 Å². The lowest BCUT2D eigenvalue weighted by Crippen LogP contribution is -1.92. The van der Waals surface area contributed by atoms with Crippen molar-refractivity contribution in [3.05, 3.63) is 0 Å². The van der Waals surface area contributed by atoms with Gasteiger partial charge < -0.3 is 5.11 Å². The Morgan fingerprint density at radius 2 is 1.46 bits per heavy atom. The summed E-state index contributed by atoms with van der Waals surface area (Å²) in [6.45, 7) is 6.47. The molecule has 0 aliphatic rings. The monoisotopic (exact) mass is 188 g/mol. The molecular weight excluding hydrogens is 164 g/mol. The second-order valence-corrected chi connectivity index (χ2v) is 3.20. The van der Waals surface area contributed by atoms with Crippen LogP contribution in [0.4, 0.5) is 0 Å². The van der Waals surface area contributed by atoms with Crippen molar-refractivity contribution in [3.8, 4) is 0 Å². The summed E-state index contributed by atoms with van der Waals surface area (Å²) in [4.78, 5) is 9.96. The van der Waals surface area contributed by atoms with E-state index in [-0.39, 0.29) is 0 Å². The lowest BCUT2D eigenvalue weighted by Gasteiger charge is -1.92. The Morgan fingerprint density at radius 3 is 1.77 bits per heavy atom. The van der Waals surface area contributed by atoms with Gasteiger partial charge in [-0.2, -0.15) is 0 Å². The minimum Gasteiger partial charge on any atom is -0.481 e. The molecule has 0 aromatic heterocycles. The van der Waals surface area contributed by atoms with Gasteiger partial charge in [0.15, 0.2) is 0 Å². The Balaban J connectivity index is 0. The highest BCUT2D eigenvalue weighted by Crippen LogP contribution is 2.01. The molecule has 0 amide bonds. The standard InChI is InChI=1S/C7H14O2.C4H10/c1-2-3-4-5-6-7(8)9;1-3-4-2/h2-6H2,1H3,(H,8,9);3-4H2,1-2H3. The Bertz CT molecular complexity index is 98.3. The van der Waals surface area contributed by atoms with Gasteiger partial charge in [0, 0.05) is 6.42 Å². The third-order valence-electron chi connectivity index (χ3n) is 1.74. The molecule has 0 aliphatic carbocycles. The third kappa shape index (κ3) is 24.6. The van der Waals surface area contributed by atoms with Gasteiger partial charge in [-0.3, -0.25) is 4.79 Å². The zero-order valence-electron chi connectivity index (χ0n) is 9.31. The minimum atomic E-state index is -0.675. The zero-order valence-corrected chi connectivity index (χ0v) is 9.31. The highest BCUT2D eigenvalue weighted by molar-refractivity contribution is 5.66. The van der Waals surface area contributed by atoms with Crippen molar-refractivity contribution in [2.24, 2.45) is 0 Å². The van der Waals surface area contributed by atoms with Gasteiger partial charge in [0.25, 0.3) is 0 Å². The van der Waals surface area contributed by atoms with Gasteiger partial charge in [0.05, 0.1) is 0 Å². The number of carboxylic acids is 1. The van der Waals surface area contributed by atoms with E-state index in [9.17, 15) is 4.79 Å². The van der Waals surface area contributed by atoms with E-state index in [1.165, 1.54) is 19.3 Å². The molecule has 0 spiro atoms. The summed E-state index contributed by atoms with van der Waals surface area (Å²) in [7, 11) is 0. The van der Waals surface area contributed by atoms with E-state index in [4.69, 9.17) is 5.11 Å². The van der Waals surface area contributed by atoms with Crippen LogP contribution in [0.25, 0.3) is 0 Å². The predicted molar refractivity (Wildman–Crippen MR) is 57.0 cm³/mol. The summed E-state index contributed by atoms with van der Waals surface area (Å²) in [6, 6.07) is 0. The number of carbonyl (C=O) groups is 1. The summed E-state index contributed by atoms with van der Waals surface area (Å²) in [5, 5.41) is 8.21. The van der Waals surface area contributed by atoms with E-state index in [0.29, 0.717) is 6.42 Å². The molecule has 0 saturated carbocycles. The first kappa shape index (κ1) is 15.0. The first-order valence-corrected chi connectivity index (χ1v) is 5.40. The fraction of sp³-hybridized carbons (Fsp3) is 0.909. The van der Waals surface area contributed by atoms with Crippen LogP contribution in [0, 0.1) is 0 Å². The molecular formula is C11H24O2. The van der Waals surface area contributed by atoms with Crippen molar-refractivity contribution in [3.63, 3.8) is 0 Å². The summed E-state index contributed by atoms with van der Waals surface area (Å²) < 4.78 is 0. The molecule has 0 unspecified atom stereocenters. The summed E-state index contributed by atoms with van der Waals surface area (Å²) in [6.07, 6.45) is 7.19. The lowest BCUT2D eigenvalue weighted by molar-refractivity contribution is -0.137. The maximum Gasteiger partial charge on any atom is 0.303 e. The lowest BCUT2D eigenvalue weighted by atomic mass is 10.2. The van der Waals surface area contributed by atoms with Crippen LogP contribution in [0.1, 0.15) is 65.7 Å². The number of carboxylic acid groups (broad SMARTS) is 1. The Kier molecular flexibility index (Phi) is 16.1. The van der Waals surface area contributed by atoms with Crippen LogP contribution in [0.5, 0.6) is 0 Å². The van der Waals surface area contributed by atoms with E-state index in [1.54, 1.807) is 0 Å². The van der Waals surface area contributed by atoms with Crippen molar-refractivity contribution in [2.45, 2.75) is 65.7 Å². The van der Waals surface area contributed by atoms with Gasteiger partial charge in [-0.1, -0.05) is 52.9 Å². The number of rotatable bonds is 6. The molecule has 0 heterocycles. The van der Waals surface area contributed by atoms with Gasteiger partial charge in [0.1, 0.15) is 0 Å². The molecule has 0 aliphatic heterocycles. The second kappa shape index (κ2) is 14.0. The number of aliphatic carboxylic acids is 1. The van der Waals surface area contributed by atoms with Gasteiger partial charge >= 0.3 is 5.97 Å². The predicted octanol–water partition coefficient (Wildman–Crippen LogP) is 3.85. The molecule has 0 saturated heterocycles. The topological polar surface area (TPSA) is 37.3 Å². The molecule has 0 radical (unpaired) electrons. The maximum atomic E-state index is 9.96. The van der Waals surface area contributed by atoms with Crippen molar-refractivity contribution in [2.75, 3.05) is 0 Å².